The van der Waals surface area contributed by atoms with Crippen LogP contribution in [0.3, 0.4) is 0 Å². The molecule has 7 nitrogen and oxygen atoms in total. The van der Waals surface area contributed by atoms with Gasteiger partial charge in [-0.2, -0.15) is 0 Å². The first-order valence-electron chi connectivity index (χ1n) is 13.4. The Morgan fingerprint density at radius 2 is 1.81 bits per heavy atom. The Morgan fingerprint density at radius 3 is 2.55 bits per heavy atom. The Kier molecular flexibility index (Phi) is 10.2. The second kappa shape index (κ2) is 14.0. The van der Waals surface area contributed by atoms with Crippen LogP contribution in [0.15, 0.2) is 65.6 Å². The van der Waals surface area contributed by atoms with Crippen molar-refractivity contribution in [2.75, 3.05) is 46.0 Å². The van der Waals surface area contributed by atoms with Crippen molar-refractivity contribution >= 4 is 69.5 Å². The Morgan fingerprint density at radius 1 is 1.05 bits per heavy atom. The summed E-state index contributed by atoms with van der Waals surface area (Å²) in [6.45, 7) is 4.81. The molecule has 0 saturated carbocycles. The summed E-state index contributed by atoms with van der Waals surface area (Å²) in [5.74, 6) is -0.513. The van der Waals surface area contributed by atoms with Gasteiger partial charge in [-0.05, 0) is 66.1 Å². The first kappa shape index (κ1) is 30.5. The Bertz CT molecular complexity index is 1520. The van der Waals surface area contributed by atoms with E-state index in [1.807, 2.05) is 30.3 Å². The van der Waals surface area contributed by atoms with Crippen LogP contribution >= 0.6 is 47.2 Å². The molecule has 0 spiro atoms. The van der Waals surface area contributed by atoms with E-state index < -0.39 is 5.97 Å². The zero-order chi connectivity index (χ0) is 29.6. The summed E-state index contributed by atoms with van der Waals surface area (Å²) in [5, 5.41) is 10.3. The van der Waals surface area contributed by atoms with Gasteiger partial charge in [0.05, 0.1) is 23.7 Å². The molecule has 3 aromatic carbocycles. The summed E-state index contributed by atoms with van der Waals surface area (Å²) < 4.78 is 12.1. The highest BCUT2D eigenvalue weighted by molar-refractivity contribution is 8.26. The van der Waals surface area contributed by atoms with E-state index in [9.17, 15) is 9.59 Å². The molecular weight excluding hydrogens is 615 g/mol. The van der Waals surface area contributed by atoms with Crippen LogP contribution in [0.5, 0.6) is 5.75 Å². The molecule has 2 heterocycles. The number of thiocarbonyl (C=S) groups is 1. The lowest BCUT2D eigenvalue weighted by Crippen LogP contribution is -2.38. The maximum absolute atomic E-state index is 13.4. The number of carboxylic acids is 1. The molecule has 1 N–H and O–H groups in total. The van der Waals surface area contributed by atoms with Crippen LogP contribution in [-0.2, 0) is 16.0 Å². The van der Waals surface area contributed by atoms with Crippen LogP contribution in [0.4, 0.5) is 0 Å². The van der Waals surface area contributed by atoms with Crippen LogP contribution < -0.4 is 4.74 Å². The number of nitrogens with zero attached hydrogens (tertiary/aromatic N) is 2. The Hall–Kier alpha value is -2.92. The Balaban J connectivity index is 1.36. The molecule has 5 rings (SSSR count). The fraction of sp³-hybridized carbons (Fsp3) is 0.258. The maximum Gasteiger partial charge on any atom is 0.335 e. The van der Waals surface area contributed by atoms with Gasteiger partial charge in [0, 0.05) is 47.4 Å². The molecule has 11 heteroatoms. The number of amides is 1. The zero-order valence-electron chi connectivity index (χ0n) is 22.6. The predicted octanol–water partition coefficient (Wildman–Crippen LogP) is 6.51. The highest BCUT2D eigenvalue weighted by Gasteiger charge is 2.32. The molecule has 3 aromatic rings. The van der Waals surface area contributed by atoms with E-state index in [4.69, 9.17) is 50.0 Å². The molecule has 0 bridgehead atoms. The summed E-state index contributed by atoms with van der Waals surface area (Å²) in [6, 6.07) is 17.7. The smallest absolute Gasteiger partial charge is 0.335 e. The van der Waals surface area contributed by atoms with Gasteiger partial charge in [0.2, 0.25) is 0 Å². The maximum atomic E-state index is 13.4. The summed E-state index contributed by atoms with van der Waals surface area (Å²) in [7, 11) is 0. The number of carbonyl (C=O) groups is 2. The SMILES string of the molecule is O=C(O)c1ccc(CCN2C(=O)/C(=C/c3cc(-c4cc(Cl)ccc4Cl)ccc3OCCN3CCOCC3)SC2=S)cc1. The van der Waals surface area contributed by atoms with E-state index in [2.05, 4.69) is 4.90 Å². The van der Waals surface area contributed by atoms with Gasteiger partial charge in [-0.25, -0.2) is 4.79 Å². The van der Waals surface area contributed by atoms with Crippen molar-refractivity contribution in [3.05, 3.63) is 92.3 Å². The molecule has 0 radical (unpaired) electrons. The Labute approximate surface area is 264 Å². The summed E-state index contributed by atoms with van der Waals surface area (Å²) >= 11 is 19.6. The van der Waals surface area contributed by atoms with Crippen LogP contribution in [0.2, 0.25) is 10.0 Å². The summed E-state index contributed by atoms with van der Waals surface area (Å²) in [4.78, 5) is 28.9. The van der Waals surface area contributed by atoms with Crippen LogP contribution in [0.25, 0.3) is 17.2 Å². The largest absolute Gasteiger partial charge is 0.492 e. The number of rotatable bonds is 10. The van der Waals surface area contributed by atoms with Gasteiger partial charge in [-0.3, -0.25) is 14.6 Å². The lowest BCUT2D eigenvalue weighted by atomic mass is 10.0. The van der Waals surface area contributed by atoms with E-state index in [0.717, 1.165) is 55.1 Å². The molecule has 0 unspecified atom stereocenters. The number of morpholine rings is 1. The van der Waals surface area contributed by atoms with E-state index >= 15 is 0 Å². The zero-order valence-corrected chi connectivity index (χ0v) is 25.7. The number of hydrogen-bond acceptors (Lipinski definition) is 7. The average molecular weight is 644 g/mol. The number of aromatic carboxylic acids is 1. The third kappa shape index (κ3) is 7.53. The molecule has 42 heavy (non-hydrogen) atoms. The lowest BCUT2D eigenvalue weighted by Gasteiger charge is -2.26. The first-order valence-corrected chi connectivity index (χ1v) is 15.4. The van der Waals surface area contributed by atoms with Crippen molar-refractivity contribution in [2.45, 2.75) is 6.42 Å². The minimum atomic E-state index is -0.977. The van der Waals surface area contributed by atoms with Crippen molar-refractivity contribution in [1.29, 1.82) is 0 Å². The lowest BCUT2D eigenvalue weighted by molar-refractivity contribution is -0.122. The molecular formula is C31H28Cl2N2O5S2. The van der Waals surface area contributed by atoms with Gasteiger partial charge >= 0.3 is 5.97 Å². The predicted molar refractivity (Wildman–Crippen MR) is 172 cm³/mol. The van der Waals surface area contributed by atoms with Gasteiger partial charge < -0.3 is 14.6 Å². The average Bonchev–Trinajstić information content (AvgIpc) is 3.25. The van der Waals surface area contributed by atoms with E-state index in [1.165, 1.54) is 11.8 Å². The van der Waals surface area contributed by atoms with Gasteiger partial charge in [-0.15, -0.1) is 0 Å². The second-order valence-electron chi connectivity index (χ2n) is 9.76. The normalized spacial score (nSPS) is 16.8. The number of carboxylic acid groups (broad SMARTS) is 1. The molecule has 2 aliphatic rings. The minimum Gasteiger partial charge on any atom is -0.492 e. The third-order valence-electron chi connectivity index (χ3n) is 7.00. The van der Waals surface area contributed by atoms with Crippen LogP contribution in [0, 0.1) is 0 Å². The van der Waals surface area contributed by atoms with Crippen molar-refractivity contribution in [3.8, 4) is 16.9 Å². The molecule has 0 aromatic heterocycles. The summed E-state index contributed by atoms with van der Waals surface area (Å²) in [5.41, 5.74) is 3.49. The fourth-order valence-electron chi connectivity index (χ4n) is 4.68. The monoisotopic (exact) mass is 642 g/mol. The van der Waals surface area contributed by atoms with Crippen molar-refractivity contribution < 1.29 is 24.2 Å². The number of benzene rings is 3. The molecule has 0 aliphatic carbocycles. The van der Waals surface area contributed by atoms with Gasteiger partial charge in [0.25, 0.3) is 5.91 Å². The number of thioether (sulfide) groups is 1. The topological polar surface area (TPSA) is 79.3 Å². The number of halogens is 2. The van der Waals surface area contributed by atoms with Crippen molar-refractivity contribution in [3.63, 3.8) is 0 Å². The van der Waals surface area contributed by atoms with Gasteiger partial charge in [-0.1, -0.05) is 65.4 Å². The molecule has 0 atom stereocenters. The van der Waals surface area contributed by atoms with E-state index in [0.29, 0.717) is 44.6 Å². The standard InChI is InChI=1S/C31H28Cl2N2O5S2/c32-24-6-7-26(33)25(19-24)22-5-8-27(40-16-13-34-11-14-39-15-12-34)23(17-22)18-28-29(36)35(31(41)42-28)10-9-20-1-3-21(4-2-20)30(37)38/h1-8,17-19H,9-16H2,(H,37,38)/b28-18-. The van der Waals surface area contributed by atoms with Crippen LogP contribution in [0.1, 0.15) is 21.5 Å². The third-order valence-corrected chi connectivity index (χ3v) is 8.95. The van der Waals surface area contributed by atoms with Crippen molar-refractivity contribution in [2.24, 2.45) is 0 Å². The molecule has 218 valence electrons. The molecule has 1 amide bonds. The number of hydrogen-bond donors (Lipinski definition) is 1. The number of carbonyl (C=O) groups excluding carboxylic acids is 1. The fourth-order valence-corrected chi connectivity index (χ4v) is 6.38. The van der Waals surface area contributed by atoms with E-state index in [1.54, 1.807) is 41.3 Å². The molecule has 2 fully saturated rings. The second-order valence-corrected chi connectivity index (χ2v) is 12.3. The van der Waals surface area contributed by atoms with E-state index in [-0.39, 0.29) is 11.5 Å². The highest BCUT2D eigenvalue weighted by Crippen LogP contribution is 2.37. The summed E-state index contributed by atoms with van der Waals surface area (Å²) in [6.07, 6.45) is 2.35. The number of ether oxygens (including phenoxy) is 2. The first-order chi connectivity index (χ1) is 20.3. The minimum absolute atomic E-state index is 0.183. The van der Waals surface area contributed by atoms with Crippen molar-refractivity contribution in [1.82, 2.24) is 9.80 Å². The van der Waals surface area contributed by atoms with Gasteiger partial charge in [0.15, 0.2) is 0 Å². The highest BCUT2D eigenvalue weighted by atomic mass is 35.5. The molecule has 2 saturated heterocycles. The van der Waals surface area contributed by atoms with Gasteiger partial charge in [0.1, 0.15) is 16.7 Å². The van der Waals surface area contributed by atoms with Crippen LogP contribution in [-0.4, -0.2) is 77.1 Å². The quantitative estimate of drug-likeness (QED) is 0.198. The molecule has 2 aliphatic heterocycles.